The maximum atomic E-state index is 13.1. The Balaban J connectivity index is 1.88. The topological polar surface area (TPSA) is 136 Å². The third-order valence-electron chi connectivity index (χ3n) is 5.06. The average Bonchev–Trinajstić information content (AvgIpc) is 3.34. The SMILES string of the molecule is Cc1nnc(N2C(=O)C(=O)C(=C(O)c3ccc(OC(C)C)cc3)C2c2cccc([N+](=O)[O-])c2)s1. The summed E-state index contributed by atoms with van der Waals surface area (Å²) in [5, 5.41) is 31.1. The minimum Gasteiger partial charge on any atom is -0.507 e. The van der Waals surface area contributed by atoms with Crippen LogP contribution in [0.1, 0.15) is 36.0 Å². The number of aryl methyl sites for hydroxylation is 1. The highest BCUT2D eigenvalue weighted by molar-refractivity contribution is 7.15. The fourth-order valence-electron chi connectivity index (χ4n) is 3.66. The number of non-ortho nitro benzene ring substituents is 1. The predicted octanol–water partition coefficient (Wildman–Crippen LogP) is 4.17. The lowest BCUT2D eigenvalue weighted by Crippen LogP contribution is -2.29. The minimum atomic E-state index is -1.13. The highest BCUT2D eigenvalue weighted by atomic mass is 32.1. The lowest BCUT2D eigenvalue weighted by Gasteiger charge is -2.22. The first-order valence-electron chi connectivity index (χ1n) is 10.3. The van der Waals surface area contributed by atoms with Gasteiger partial charge < -0.3 is 9.84 Å². The van der Waals surface area contributed by atoms with E-state index in [1.807, 2.05) is 13.8 Å². The molecule has 3 aromatic rings. The van der Waals surface area contributed by atoms with Gasteiger partial charge in [0.2, 0.25) is 5.13 Å². The lowest BCUT2D eigenvalue weighted by atomic mass is 9.95. The Morgan fingerprint density at radius 1 is 1.18 bits per heavy atom. The smallest absolute Gasteiger partial charge is 0.301 e. The minimum absolute atomic E-state index is 0.0472. The number of benzene rings is 2. The van der Waals surface area contributed by atoms with Gasteiger partial charge in [-0.2, -0.15) is 0 Å². The van der Waals surface area contributed by atoms with Crippen molar-refractivity contribution in [1.29, 1.82) is 0 Å². The molecule has 10 nitrogen and oxygen atoms in total. The summed E-state index contributed by atoms with van der Waals surface area (Å²) in [5.41, 5.74) is 0.156. The molecule has 0 aliphatic carbocycles. The molecule has 1 aliphatic heterocycles. The van der Waals surface area contributed by atoms with Crippen molar-refractivity contribution in [3.63, 3.8) is 0 Å². The number of aromatic nitrogens is 2. The molecule has 0 saturated carbocycles. The van der Waals surface area contributed by atoms with E-state index >= 15 is 0 Å². The number of carbonyl (C=O) groups is 2. The largest absolute Gasteiger partial charge is 0.507 e. The number of anilines is 1. The molecule has 11 heteroatoms. The van der Waals surface area contributed by atoms with Crippen LogP contribution >= 0.6 is 11.3 Å². The Bertz CT molecular complexity index is 1320. The van der Waals surface area contributed by atoms with Gasteiger partial charge in [0.1, 0.15) is 16.5 Å². The van der Waals surface area contributed by atoms with Crippen LogP contribution in [0.15, 0.2) is 54.1 Å². The molecular formula is C23H20N4O6S. The van der Waals surface area contributed by atoms with E-state index in [1.54, 1.807) is 37.3 Å². The summed E-state index contributed by atoms with van der Waals surface area (Å²) in [4.78, 5) is 38.1. The molecule has 2 aromatic carbocycles. The van der Waals surface area contributed by atoms with Crippen molar-refractivity contribution < 1.29 is 24.4 Å². The maximum Gasteiger partial charge on any atom is 0.301 e. The third-order valence-corrected chi connectivity index (χ3v) is 5.90. The number of amides is 1. The number of rotatable bonds is 6. The Morgan fingerprint density at radius 3 is 2.47 bits per heavy atom. The van der Waals surface area contributed by atoms with Crippen molar-refractivity contribution in [2.75, 3.05) is 4.90 Å². The second-order valence-electron chi connectivity index (χ2n) is 7.82. The van der Waals surface area contributed by atoms with Crippen molar-refractivity contribution in [2.24, 2.45) is 0 Å². The molecule has 1 N–H and O–H groups in total. The summed E-state index contributed by atoms with van der Waals surface area (Å²) in [6.07, 6.45) is -0.0472. The number of aliphatic hydroxyl groups excluding tert-OH is 1. The maximum absolute atomic E-state index is 13.1. The summed E-state index contributed by atoms with van der Waals surface area (Å²) in [6, 6.07) is 10.9. The Labute approximate surface area is 198 Å². The van der Waals surface area contributed by atoms with Crippen molar-refractivity contribution in [2.45, 2.75) is 32.9 Å². The molecule has 1 aromatic heterocycles. The van der Waals surface area contributed by atoms with Crippen molar-refractivity contribution in [3.05, 3.63) is 80.4 Å². The predicted molar refractivity (Wildman–Crippen MR) is 125 cm³/mol. The van der Waals surface area contributed by atoms with E-state index in [2.05, 4.69) is 10.2 Å². The van der Waals surface area contributed by atoms with Crippen LogP contribution in [0.5, 0.6) is 5.75 Å². The first kappa shape index (κ1) is 23.1. The van der Waals surface area contributed by atoms with Crippen molar-refractivity contribution >= 4 is 39.6 Å². The number of Topliss-reactive ketones (excluding diaryl/α,β-unsaturated/α-hetero) is 1. The van der Waals surface area contributed by atoms with Gasteiger partial charge in [0.05, 0.1) is 22.6 Å². The molecule has 2 heterocycles. The number of aliphatic hydroxyl groups is 1. The molecule has 4 rings (SSSR count). The van der Waals surface area contributed by atoms with E-state index in [9.17, 15) is 24.8 Å². The van der Waals surface area contributed by atoms with Gasteiger partial charge in [0.25, 0.3) is 11.5 Å². The van der Waals surface area contributed by atoms with Gasteiger partial charge in [-0.25, -0.2) is 0 Å². The standard InChI is InChI=1S/C23H20N4O6S/c1-12(2)33-17-9-7-14(8-10-17)20(28)18-19(15-5-4-6-16(11-15)27(31)32)26(22(30)21(18)29)23-25-24-13(3)34-23/h4-12,19,28H,1-3H3. The third kappa shape index (κ3) is 4.25. The molecule has 1 fully saturated rings. The zero-order valence-electron chi connectivity index (χ0n) is 18.5. The lowest BCUT2D eigenvalue weighted by molar-refractivity contribution is -0.384. The molecule has 1 aliphatic rings. The van der Waals surface area contributed by atoms with Crippen LogP contribution in [-0.4, -0.2) is 38.0 Å². The van der Waals surface area contributed by atoms with Crippen LogP contribution < -0.4 is 9.64 Å². The molecule has 0 radical (unpaired) electrons. The summed E-state index contributed by atoms with van der Waals surface area (Å²) in [5.74, 6) is -1.67. The highest BCUT2D eigenvalue weighted by Gasteiger charge is 2.48. The van der Waals surface area contributed by atoms with Crippen LogP contribution in [-0.2, 0) is 9.59 Å². The Hall–Kier alpha value is -4.12. The fourth-order valence-corrected chi connectivity index (χ4v) is 4.37. The van der Waals surface area contributed by atoms with Crippen LogP contribution in [0.25, 0.3) is 5.76 Å². The van der Waals surface area contributed by atoms with Gasteiger partial charge in [0, 0.05) is 17.7 Å². The van der Waals surface area contributed by atoms with E-state index in [0.29, 0.717) is 10.8 Å². The number of hydrogen-bond donors (Lipinski definition) is 1. The van der Waals surface area contributed by atoms with E-state index in [1.165, 1.54) is 18.2 Å². The first-order chi connectivity index (χ1) is 16.2. The molecule has 1 amide bonds. The number of nitrogens with zero attached hydrogens (tertiary/aromatic N) is 4. The molecule has 0 spiro atoms. The molecule has 1 unspecified atom stereocenters. The van der Waals surface area contributed by atoms with Gasteiger partial charge in [-0.05, 0) is 50.6 Å². The van der Waals surface area contributed by atoms with E-state index in [0.717, 1.165) is 16.2 Å². The number of nitro groups is 1. The van der Waals surface area contributed by atoms with Crippen LogP contribution in [0, 0.1) is 17.0 Å². The summed E-state index contributed by atoms with van der Waals surface area (Å²) >= 11 is 1.09. The Kier molecular flexibility index (Phi) is 6.12. The van der Waals surface area contributed by atoms with E-state index in [-0.39, 0.29) is 33.6 Å². The zero-order valence-corrected chi connectivity index (χ0v) is 19.3. The van der Waals surface area contributed by atoms with Crippen LogP contribution in [0.3, 0.4) is 0 Å². The van der Waals surface area contributed by atoms with Gasteiger partial charge in [-0.15, -0.1) is 10.2 Å². The summed E-state index contributed by atoms with van der Waals surface area (Å²) in [6.45, 7) is 5.45. The first-order valence-corrected chi connectivity index (χ1v) is 11.1. The van der Waals surface area contributed by atoms with Crippen LogP contribution in [0.4, 0.5) is 10.8 Å². The highest BCUT2D eigenvalue weighted by Crippen LogP contribution is 2.43. The van der Waals surface area contributed by atoms with Gasteiger partial charge in [-0.1, -0.05) is 23.5 Å². The molecular weight excluding hydrogens is 460 g/mol. The molecule has 1 atom stereocenters. The Morgan fingerprint density at radius 2 is 1.88 bits per heavy atom. The van der Waals surface area contributed by atoms with Gasteiger partial charge in [0.15, 0.2) is 0 Å². The zero-order chi connectivity index (χ0) is 24.6. The van der Waals surface area contributed by atoms with E-state index < -0.39 is 28.4 Å². The quantitative estimate of drug-likeness (QED) is 0.183. The molecule has 34 heavy (non-hydrogen) atoms. The average molecular weight is 481 g/mol. The molecule has 174 valence electrons. The number of carbonyl (C=O) groups excluding carboxylic acids is 2. The second kappa shape index (κ2) is 9.02. The number of nitro benzene ring substituents is 1. The van der Waals surface area contributed by atoms with E-state index in [4.69, 9.17) is 4.74 Å². The number of ether oxygens (including phenoxy) is 1. The van der Waals surface area contributed by atoms with Crippen molar-refractivity contribution in [3.8, 4) is 5.75 Å². The fraction of sp³-hybridized carbons (Fsp3) is 0.217. The van der Waals surface area contributed by atoms with Gasteiger partial charge >= 0.3 is 5.91 Å². The van der Waals surface area contributed by atoms with Gasteiger partial charge in [-0.3, -0.25) is 24.6 Å². The summed E-state index contributed by atoms with van der Waals surface area (Å²) < 4.78 is 5.61. The summed E-state index contributed by atoms with van der Waals surface area (Å²) in [7, 11) is 0. The van der Waals surface area contributed by atoms with Crippen LogP contribution in [0.2, 0.25) is 0 Å². The number of ketones is 1. The molecule has 0 bridgehead atoms. The molecule has 1 saturated heterocycles. The second-order valence-corrected chi connectivity index (χ2v) is 8.98. The van der Waals surface area contributed by atoms with Crippen molar-refractivity contribution in [1.82, 2.24) is 10.2 Å². The monoisotopic (exact) mass is 480 g/mol. The normalized spacial score (nSPS) is 17.4. The number of hydrogen-bond acceptors (Lipinski definition) is 9.